The highest BCUT2D eigenvalue weighted by atomic mass is 35.5. The van der Waals surface area contributed by atoms with Gasteiger partial charge >= 0.3 is 6.61 Å². The van der Waals surface area contributed by atoms with Crippen LogP contribution in [0.25, 0.3) is 0 Å². The first kappa shape index (κ1) is 18.9. The van der Waals surface area contributed by atoms with Gasteiger partial charge in [0.25, 0.3) is 0 Å². The topological polar surface area (TPSA) is 59.6 Å². The smallest absolute Gasteiger partial charge is 0.387 e. The summed E-state index contributed by atoms with van der Waals surface area (Å²) in [4.78, 5) is 12.1. The van der Waals surface area contributed by atoms with E-state index in [4.69, 9.17) is 16.3 Å². The van der Waals surface area contributed by atoms with Crippen LogP contribution in [0, 0.1) is 0 Å². The number of rotatable bonds is 4. The molecule has 2 atom stereocenters. The molecule has 9 heteroatoms. The van der Waals surface area contributed by atoms with Crippen molar-refractivity contribution in [1.82, 2.24) is 5.32 Å². The number of carbonyl (C=O) groups is 1. The molecule has 5 nitrogen and oxygen atoms in total. The molecule has 2 N–H and O–H groups in total. The van der Waals surface area contributed by atoms with Crippen LogP contribution in [0.15, 0.2) is 18.2 Å². The van der Waals surface area contributed by atoms with E-state index in [1.807, 2.05) is 0 Å². The predicted octanol–water partition coefficient (Wildman–Crippen LogP) is 2.68. The average Bonchev–Trinajstić information content (AvgIpc) is 2.42. The van der Waals surface area contributed by atoms with Gasteiger partial charge in [-0.15, -0.1) is 12.4 Å². The lowest BCUT2D eigenvalue weighted by atomic mass is 10.1. The fourth-order valence-corrected chi connectivity index (χ4v) is 2.24. The number of nitrogens with one attached hydrogen (secondary N) is 2. The lowest BCUT2D eigenvalue weighted by Gasteiger charge is -2.29. The predicted molar refractivity (Wildman–Crippen MR) is 81.2 cm³/mol. The van der Waals surface area contributed by atoms with Crippen LogP contribution >= 0.6 is 24.0 Å². The first-order chi connectivity index (χ1) is 9.97. The van der Waals surface area contributed by atoms with E-state index in [9.17, 15) is 13.6 Å². The molecule has 0 spiro atoms. The summed E-state index contributed by atoms with van der Waals surface area (Å²) < 4.78 is 33.9. The zero-order chi connectivity index (χ0) is 15.4. The second kappa shape index (κ2) is 8.47. The van der Waals surface area contributed by atoms with Crippen LogP contribution in [0.2, 0.25) is 5.02 Å². The SMILES string of the molecule is C[C@H]1OCCN[C@@H]1C(=O)Nc1ccc(OC(F)F)c(Cl)c1.Cl. The number of amides is 1. The lowest BCUT2D eigenvalue weighted by Crippen LogP contribution is -2.53. The second-order valence-electron chi connectivity index (χ2n) is 4.52. The highest BCUT2D eigenvalue weighted by molar-refractivity contribution is 6.32. The van der Waals surface area contributed by atoms with Crippen LogP contribution in [0.3, 0.4) is 0 Å². The Balaban J connectivity index is 0.00000242. The second-order valence-corrected chi connectivity index (χ2v) is 4.93. The standard InChI is InChI=1S/C13H15ClF2N2O3.ClH/c1-7-11(17-4-5-20-7)12(19)18-8-2-3-10(9(14)6-8)21-13(15)16;/h2-3,6-7,11,13,17H,4-5H2,1H3,(H,18,19);1H/t7-,11+;/m1./s1. The van der Waals surface area contributed by atoms with Gasteiger partial charge in [0.05, 0.1) is 17.7 Å². The van der Waals surface area contributed by atoms with Gasteiger partial charge in [-0.05, 0) is 25.1 Å². The molecule has 1 fully saturated rings. The Labute approximate surface area is 137 Å². The van der Waals surface area contributed by atoms with Crippen molar-refractivity contribution in [3.63, 3.8) is 0 Å². The van der Waals surface area contributed by atoms with Gasteiger partial charge in [-0.3, -0.25) is 4.79 Å². The van der Waals surface area contributed by atoms with Gasteiger partial charge in [-0.25, -0.2) is 0 Å². The molecule has 1 heterocycles. The van der Waals surface area contributed by atoms with E-state index in [-0.39, 0.29) is 35.2 Å². The van der Waals surface area contributed by atoms with Crippen molar-refractivity contribution in [3.05, 3.63) is 23.2 Å². The van der Waals surface area contributed by atoms with E-state index < -0.39 is 12.7 Å². The maximum atomic E-state index is 12.1. The number of anilines is 1. The third kappa shape index (κ3) is 4.95. The number of halogens is 4. The molecule has 1 aromatic carbocycles. The molecule has 2 rings (SSSR count). The van der Waals surface area contributed by atoms with Crippen molar-refractivity contribution in [2.24, 2.45) is 0 Å². The summed E-state index contributed by atoms with van der Waals surface area (Å²) in [6, 6.07) is 3.59. The molecule has 0 saturated carbocycles. The molecule has 1 aromatic rings. The number of hydrogen-bond donors (Lipinski definition) is 2. The van der Waals surface area contributed by atoms with Gasteiger partial charge in [0.1, 0.15) is 11.8 Å². The molecule has 0 aromatic heterocycles. The third-order valence-electron chi connectivity index (χ3n) is 3.01. The Kier molecular flexibility index (Phi) is 7.28. The zero-order valence-corrected chi connectivity index (χ0v) is 13.2. The molecular formula is C13H16Cl2F2N2O3. The summed E-state index contributed by atoms with van der Waals surface area (Å²) in [7, 11) is 0. The van der Waals surface area contributed by atoms with E-state index in [0.717, 1.165) is 0 Å². The van der Waals surface area contributed by atoms with Crippen molar-refractivity contribution in [3.8, 4) is 5.75 Å². The highest BCUT2D eigenvalue weighted by Crippen LogP contribution is 2.29. The van der Waals surface area contributed by atoms with E-state index in [1.54, 1.807) is 6.92 Å². The largest absolute Gasteiger partial charge is 0.433 e. The van der Waals surface area contributed by atoms with Crippen LogP contribution in [-0.2, 0) is 9.53 Å². The normalized spacial score (nSPS) is 21.1. The van der Waals surface area contributed by atoms with Gasteiger partial charge in [0.2, 0.25) is 5.91 Å². The molecule has 22 heavy (non-hydrogen) atoms. The maximum Gasteiger partial charge on any atom is 0.387 e. The number of benzene rings is 1. The van der Waals surface area contributed by atoms with E-state index in [1.165, 1.54) is 18.2 Å². The van der Waals surface area contributed by atoms with Crippen LogP contribution in [0.4, 0.5) is 14.5 Å². The molecule has 1 amide bonds. The molecule has 1 saturated heterocycles. The Bertz CT molecular complexity index is 520. The molecule has 0 radical (unpaired) electrons. The van der Waals surface area contributed by atoms with Crippen LogP contribution < -0.4 is 15.4 Å². The molecule has 0 bridgehead atoms. The summed E-state index contributed by atoms with van der Waals surface area (Å²) in [5.41, 5.74) is 0.395. The van der Waals surface area contributed by atoms with E-state index in [2.05, 4.69) is 15.4 Å². The van der Waals surface area contributed by atoms with Crippen molar-refractivity contribution in [2.45, 2.75) is 25.7 Å². The molecule has 1 aliphatic rings. The third-order valence-corrected chi connectivity index (χ3v) is 3.31. The zero-order valence-electron chi connectivity index (χ0n) is 11.6. The van der Waals surface area contributed by atoms with Crippen LogP contribution in [0.5, 0.6) is 5.75 Å². The van der Waals surface area contributed by atoms with Crippen molar-refractivity contribution >= 4 is 35.6 Å². The van der Waals surface area contributed by atoms with Gasteiger partial charge in [0.15, 0.2) is 0 Å². The van der Waals surface area contributed by atoms with Gasteiger partial charge in [0, 0.05) is 12.2 Å². The molecule has 1 aliphatic heterocycles. The number of hydrogen-bond acceptors (Lipinski definition) is 4. The van der Waals surface area contributed by atoms with Crippen molar-refractivity contribution < 1.29 is 23.0 Å². The van der Waals surface area contributed by atoms with Gasteiger partial charge in [-0.2, -0.15) is 8.78 Å². The number of ether oxygens (including phenoxy) is 2. The Morgan fingerprint density at radius 2 is 2.27 bits per heavy atom. The average molecular weight is 357 g/mol. The first-order valence-electron chi connectivity index (χ1n) is 6.37. The fourth-order valence-electron chi connectivity index (χ4n) is 2.02. The molecule has 0 aliphatic carbocycles. The summed E-state index contributed by atoms with van der Waals surface area (Å²) >= 11 is 5.82. The summed E-state index contributed by atoms with van der Waals surface area (Å²) in [6.45, 7) is -0.0172. The minimum absolute atomic E-state index is 0. The molecular weight excluding hydrogens is 341 g/mol. The Morgan fingerprint density at radius 3 is 2.86 bits per heavy atom. The van der Waals surface area contributed by atoms with Crippen LogP contribution in [-0.4, -0.2) is 37.8 Å². The Hall–Kier alpha value is -1.15. The quantitative estimate of drug-likeness (QED) is 0.870. The monoisotopic (exact) mass is 356 g/mol. The first-order valence-corrected chi connectivity index (χ1v) is 6.75. The highest BCUT2D eigenvalue weighted by Gasteiger charge is 2.28. The molecule has 0 unspecified atom stereocenters. The molecule has 124 valence electrons. The summed E-state index contributed by atoms with van der Waals surface area (Å²) in [5, 5.41) is 5.70. The summed E-state index contributed by atoms with van der Waals surface area (Å²) in [6.07, 6.45) is -0.254. The van der Waals surface area contributed by atoms with Crippen molar-refractivity contribution in [1.29, 1.82) is 0 Å². The van der Waals surface area contributed by atoms with E-state index >= 15 is 0 Å². The minimum atomic E-state index is -2.95. The van der Waals surface area contributed by atoms with Crippen LogP contribution in [0.1, 0.15) is 6.92 Å². The lowest BCUT2D eigenvalue weighted by molar-refractivity contribution is -0.123. The summed E-state index contributed by atoms with van der Waals surface area (Å²) in [5.74, 6) is -0.419. The maximum absolute atomic E-state index is 12.1. The van der Waals surface area contributed by atoms with Gasteiger partial charge < -0.3 is 20.1 Å². The number of morpholine rings is 1. The van der Waals surface area contributed by atoms with Gasteiger partial charge in [-0.1, -0.05) is 11.6 Å². The fraction of sp³-hybridized carbons (Fsp3) is 0.462. The van der Waals surface area contributed by atoms with E-state index in [0.29, 0.717) is 18.8 Å². The number of carbonyl (C=O) groups excluding carboxylic acids is 1. The minimum Gasteiger partial charge on any atom is -0.433 e. The van der Waals surface area contributed by atoms with Crippen molar-refractivity contribution in [2.75, 3.05) is 18.5 Å². The Morgan fingerprint density at radius 1 is 1.55 bits per heavy atom. The number of alkyl halides is 2.